The Balaban J connectivity index is 2.94. The van der Waals surface area contributed by atoms with E-state index in [1.54, 1.807) is 0 Å². The second-order valence-corrected chi connectivity index (χ2v) is 4.29. The molecule has 0 aromatic heterocycles. The van der Waals surface area contributed by atoms with Gasteiger partial charge in [-0.1, -0.05) is 6.92 Å². The molecule has 2 nitrogen and oxygen atoms in total. The van der Waals surface area contributed by atoms with Crippen molar-refractivity contribution >= 4 is 22.6 Å². The lowest BCUT2D eigenvalue weighted by Crippen LogP contribution is -2.01. The Bertz CT molecular complexity index is 299. The van der Waals surface area contributed by atoms with Gasteiger partial charge in [0.25, 0.3) is 0 Å². The predicted molar refractivity (Wildman–Crippen MR) is 65.4 cm³/mol. The summed E-state index contributed by atoms with van der Waals surface area (Å²) in [5.74, 6) is 1.83. The molecule has 1 radical (unpaired) electrons. The quantitative estimate of drug-likeness (QED) is 0.867. The Morgan fingerprint density at radius 3 is 2.71 bits per heavy atom. The molecule has 0 aliphatic rings. The van der Waals surface area contributed by atoms with Gasteiger partial charge in [-0.05, 0) is 53.3 Å². The molecule has 0 aliphatic heterocycles. The molecule has 0 bridgehead atoms. The maximum Gasteiger partial charge on any atom is 0.120 e. The summed E-state index contributed by atoms with van der Waals surface area (Å²) < 4.78 is 6.54. The molecule has 0 unspecified atom stereocenters. The maximum absolute atomic E-state index is 9.02. The Labute approximate surface area is 98.4 Å². The SMILES string of the molecule is CCOc1cc(I)cc([C](C)CO)c1. The van der Waals surface area contributed by atoms with Crippen molar-refractivity contribution in [1.29, 1.82) is 0 Å². The summed E-state index contributed by atoms with van der Waals surface area (Å²) in [7, 11) is 0. The second-order valence-electron chi connectivity index (χ2n) is 3.05. The summed E-state index contributed by atoms with van der Waals surface area (Å²) in [6.07, 6.45) is 0. The number of hydrogen-bond acceptors (Lipinski definition) is 2. The van der Waals surface area contributed by atoms with E-state index in [1.807, 2.05) is 32.0 Å². The third-order valence-electron chi connectivity index (χ3n) is 1.91. The van der Waals surface area contributed by atoms with Gasteiger partial charge in [0.15, 0.2) is 0 Å². The van der Waals surface area contributed by atoms with Crippen molar-refractivity contribution in [1.82, 2.24) is 0 Å². The van der Waals surface area contributed by atoms with Crippen LogP contribution in [0.5, 0.6) is 5.75 Å². The molecule has 1 aromatic rings. The molecule has 1 aromatic carbocycles. The van der Waals surface area contributed by atoms with Gasteiger partial charge in [-0.15, -0.1) is 0 Å². The molecule has 14 heavy (non-hydrogen) atoms. The van der Waals surface area contributed by atoms with E-state index in [1.165, 1.54) is 0 Å². The smallest absolute Gasteiger partial charge is 0.120 e. The summed E-state index contributed by atoms with van der Waals surface area (Å²) >= 11 is 2.25. The summed E-state index contributed by atoms with van der Waals surface area (Å²) in [5, 5.41) is 9.02. The molecule has 0 atom stereocenters. The van der Waals surface area contributed by atoms with Gasteiger partial charge >= 0.3 is 0 Å². The standard InChI is InChI=1S/C11H14IO2/c1-3-14-11-5-9(8(2)7-13)4-10(12)6-11/h4-6,13H,3,7H2,1-2H3. The first-order valence-electron chi connectivity index (χ1n) is 4.54. The van der Waals surface area contributed by atoms with Gasteiger partial charge in [-0.25, -0.2) is 0 Å². The number of halogens is 1. The zero-order valence-electron chi connectivity index (χ0n) is 8.38. The van der Waals surface area contributed by atoms with E-state index in [9.17, 15) is 0 Å². The van der Waals surface area contributed by atoms with Gasteiger partial charge in [0.2, 0.25) is 0 Å². The predicted octanol–water partition coefficient (Wildman–Crippen LogP) is 2.62. The minimum Gasteiger partial charge on any atom is -0.494 e. The Morgan fingerprint density at radius 2 is 2.14 bits per heavy atom. The van der Waals surface area contributed by atoms with Crippen LogP contribution in [0.2, 0.25) is 0 Å². The van der Waals surface area contributed by atoms with Gasteiger partial charge in [0.05, 0.1) is 13.2 Å². The topological polar surface area (TPSA) is 29.5 Å². The fourth-order valence-electron chi connectivity index (χ4n) is 1.15. The van der Waals surface area contributed by atoms with E-state index in [2.05, 4.69) is 22.6 Å². The van der Waals surface area contributed by atoms with Crippen LogP contribution in [0.1, 0.15) is 19.4 Å². The average Bonchev–Trinajstić information content (AvgIpc) is 2.16. The van der Waals surface area contributed by atoms with E-state index in [0.717, 1.165) is 20.8 Å². The van der Waals surface area contributed by atoms with Gasteiger partial charge in [-0.2, -0.15) is 0 Å². The fraction of sp³-hybridized carbons (Fsp3) is 0.364. The number of ether oxygens (including phenoxy) is 1. The van der Waals surface area contributed by atoms with Crippen molar-refractivity contribution in [3.05, 3.63) is 33.3 Å². The van der Waals surface area contributed by atoms with Crippen molar-refractivity contribution in [3.8, 4) is 5.75 Å². The Hall–Kier alpha value is -0.290. The summed E-state index contributed by atoms with van der Waals surface area (Å²) in [5.41, 5.74) is 1.04. The van der Waals surface area contributed by atoms with Crippen molar-refractivity contribution in [3.63, 3.8) is 0 Å². The highest BCUT2D eigenvalue weighted by Crippen LogP contribution is 2.23. The highest BCUT2D eigenvalue weighted by atomic mass is 127. The van der Waals surface area contributed by atoms with Gasteiger partial charge in [0.1, 0.15) is 5.75 Å². The van der Waals surface area contributed by atoms with Gasteiger partial charge < -0.3 is 9.84 Å². The molecule has 0 aliphatic carbocycles. The summed E-state index contributed by atoms with van der Waals surface area (Å²) in [6, 6.07) is 5.98. The molecule has 1 N–H and O–H groups in total. The highest BCUT2D eigenvalue weighted by molar-refractivity contribution is 14.1. The van der Waals surface area contributed by atoms with Crippen LogP contribution in [0.25, 0.3) is 0 Å². The monoisotopic (exact) mass is 305 g/mol. The summed E-state index contributed by atoms with van der Waals surface area (Å²) in [6.45, 7) is 4.63. The molecule has 0 amide bonds. The normalized spacial score (nSPS) is 10.6. The van der Waals surface area contributed by atoms with E-state index in [0.29, 0.717) is 6.61 Å². The first-order valence-corrected chi connectivity index (χ1v) is 5.62. The maximum atomic E-state index is 9.02. The number of aliphatic hydroxyl groups excluding tert-OH is 1. The molecule has 0 saturated carbocycles. The Kier molecular flexibility index (Phi) is 4.68. The third kappa shape index (κ3) is 3.13. The molecular formula is C11H14IO2. The van der Waals surface area contributed by atoms with Crippen LogP contribution in [-0.4, -0.2) is 18.3 Å². The lowest BCUT2D eigenvalue weighted by atomic mass is 10.0. The van der Waals surface area contributed by atoms with Gasteiger partial charge in [0, 0.05) is 9.49 Å². The van der Waals surface area contributed by atoms with Crippen LogP contribution in [-0.2, 0) is 0 Å². The number of benzene rings is 1. The largest absolute Gasteiger partial charge is 0.494 e. The second kappa shape index (κ2) is 5.56. The van der Waals surface area contributed by atoms with E-state index in [4.69, 9.17) is 9.84 Å². The lowest BCUT2D eigenvalue weighted by molar-refractivity contribution is 0.314. The minimum absolute atomic E-state index is 0.0889. The molecule has 0 saturated heterocycles. The zero-order valence-corrected chi connectivity index (χ0v) is 10.5. The van der Waals surface area contributed by atoms with Crippen LogP contribution in [0.3, 0.4) is 0 Å². The molecule has 0 fully saturated rings. The van der Waals surface area contributed by atoms with Crippen LogP contribution in [0.15, 0.2) is 18.2 Å². The molecular weight excluding hydrogens is 291 g/mol. The first kappa shape index (κ1) is 11.8. The van der Waals surface area contributed by atoms with Crippen molar-refractivity contribution < 1.29 is 9.84 Å². The molecule has 77 valence electrons. The van der Waals surface area contributed by atoms with Crippen LogP contribution < -0.4 is 4.74 Å². The first-order chi connectivity index (χ1) is 6.67. The summed E-state index contributed by atoms with van der Waals surface area (Å²) in [4.78, 5) is 0. The molecule has 3 heteroatoms. The van der Waals surface area contributed by atoms with Gasteiger partial charge in [-0.3, -0.25) is 0 Å². The average molecular weight is 305 g/mol. The van der Waals surface area contributed by atoms with Crippen molar-refractivity contribution in [2.24, 2.45) is 0 Å². The highest BCUT2D eigenvalue weighted by Gasteiger charge is 2.07. The number of hydrogen-bond donors (Lipinski definition) is 1. The number of rotatable bonds is 4. The molecule has 0 spiro atoms. The minimum atomic E-state index is 0.0889. The van der Waals surface area contributed by atoms with Crippen LogP contribution in [0.4, 0.5) is 0 Å². The van der Waals surface area contributed by atoms with Crippen LogP contribution in [0, 0.1) is 9.49 Å². The van der Waals surface area contributed by atoms with E-state index < -0.39 is 0 Å². The van der Waals surface area contributed by atoms with Crippen molar-refractivity contribution in [2.75, 3.05) is 13.2 Å². The third-order valence-corrected chi connectivity index (χ3v) is 2.54. The van der Waals surface area contributed by atoms with E-state index in [-0.39, 0.29) is 6.61 Å². The lowest BCUT2D eigenvalue weighted by Gasteiger charge is -2.11. The molecule has 1 rings (SSSR count). The fourth-order valence-corrected chi connectivity index (χ4v) is 1.79. The molecule has 0 heterocycles. The Morgan fingerprint density at radius 1 is 1.43 bits per heavy atom. The van der Waals surface area contributed by atoms with Crippen LogP contribution >= 0.6 is 22.6 Å². The van der Waals surface area contributed by atoms with E-state index >= 15 is 0 Å². The zero-order chi connectivity index (χ0) is 10.6. The number of aliphatic hydroxyl groups is 1. The van der Waals surface area contributed by atoms with Crippen molar-refractivity contribution in [2.45, 2.75) is 13.8 Å².